The van der Waals surface area contributed by atoms with Crippen LogP contribution in [0.5, 0.6) is 0 Å². The third-order valence-corrected chi connectivity index (χ3v) is 6.08. The number of nitrogens with zero attached hydrogens (tertiary/aromatic N) is 4. The molecular weight excluding hydrogens is 448 g/mol. The topological polar surface area (TPSA) is 117 Å². The molecule has 3 aromatic rings. The molecule has 0 atom stereocenters. The van der Waals surface area contributed by atoms with Crippen molar-refractivity contribution >= 4 is 35.0 Å². The Morgan fingerprint density at radius 3 is 2.74 bits per heavy atom. The SMILES string of the molecule is COC(=O)c1ccc2c(c1)C(=O)N(c1cccc(C(=O)Nc3cnccc3N3CCNCC3)n1)C2. The van der Waals surface area contributed by atoms with Gasteiger partial charge < -0.3 is 20.3 Å². The highest BCUT2D eigenvalue weighted by Crippen LogP contribution is 2.29. The van der Waals surface area contributed by atoms with E-state index in [9.17, 15) is 14.4 Å². The fourth-order valence-electron chi connectivity index (χ4n) is 4.28. The van der Waals surface area contributed by atoms with E-state index >= 15 is 0 Å². The number of nitrogens with one attached hydrogen (secondary N) is 2. The van der Waals surface area contributed by atoms with Crippen molar-refractivity contribution in [3.63, 3.8) is 0 Å². The number of carbonyl (C=O) groups excluding carboxylic acids is 3. The summed E-state index contributed by atoms with van der Waals surface area (Å²) in [5.41, 5.74) is 3.18. The summed E-state index contributed by atoms with van der Waals surface area (Å²) >= 11 is 0. The van der Waals surface area contributed by atoms with Crippen molar-refractivity contribution in [1.82, 2.24) is 15.3 Å². The summed E-state index contributed by atoms with van der Waals surface area (Å²) in [6.45, 7) is 3.69. The quantitative estimate of drug-likeness (QED) is 0.542. The van der Waals surface area contributed by atoms with Crippen LogP contribution in [0.3, 0.4) is 0 Å². The Bertz CT molecular complexity index is 1300. The number of pyridine rings is 2. The lowest BCUT2D eigenvalue weighted by Crippen LogP contribution is -2.43. The zero-order chi connectivity index (χ0) is 24.4. The van der Waals surface area contributed by atoms with Crippen LogP contribution in [0.2, 0.25) is 0 Å². The second kappa shape index (κ2) is 9.51. The number of fused-ring (bicyclic) bond motifs is 1. The fourth-order valence-corrected chi connectivity index (χ4v) is 4.28. The number of hydrogen-bond acceptors (Lipinski definition) is 8. The van der Waals surface area contributed by atoms with Gasteiger partial charge in [-0.25, -0.2) is 9.78 Å². The summed E-state index contributed by atoms with van der Waals surface area (Å²) < 4.78 is 4.75. The first-order valence-electron chi connectivity index (χ1n) is 11.3. The summed E-state index contributed by atoms with van der Waals surface area (Å²) in [4.78, 5) is 50.3. The monoisotopic (exact) mass is 472 g/mol. The Balaban J connectivity index is 1.36. The number of methoxy groups -OCH3 is 1. The van der Waals surface area contributed by atoms with Crippen molar-refractivity contribution in [1.29, 1.82) is 0 Å². The molecule has 0 spiro atoms. The average Bonchev–Trinajstić information content (AvgIpc) is 3.24. The van der Waals surface area contributed by atoms with Gasteiger partial charge in [0.25, 0.3) is 11.8 Å². The molecule has 178 valence electrons. The molecule has 2 aliphatic heterocycles. The van der Waals surface area contributed by atoms with Gasteiger partial charge in [0.2, 0.25) is 0 Å². The van der Waals surface area contributed by atoms with Crippen LogP contribution in [0.1, 0.15) is 36.8 Å². The Labute approximate surface area is 201 Å². The lowest BCUT2D eigenvalue weighted by atomic mass is 10.1. The molecule has 4 heterocycles. The molecule has 0 radical (unpaired) electrons. The van der Waals surface area contributed by atoms with Gasteiger partial charge in [-0.2, -0.15) is 0 Å². The van der Waals surface area contributed by atoms with E-state index in [1.807, 2.05) is 6.07 Å². The normalized spacial score (nSPS) is 15.1. The lowest BCUT2D eigenvalue weighted by Gasteiger charge is -2.30. The minimum atomic E-state index is -0.508. The first kappa shape index (κ1) is 22.5. The molecule has 0 unspecified atom stereocenters. The van der Waals surface area contributed by atoms with E-state index in [0.29, 0.717) is 29.2 Å². The first-order chi connectivity index (χ1) is 17.0. The summed E-state index contributed by atoms with van der Waals surface area (Å²) in [5.74, 6) is -0.837. The van der Waals surface area contributed by atoms with Crippen LogP contribution in [0.4, 0.5) is 17.2 Å². The number of anilines is 3. The predicted molar refractivity (Wildman–Crippen MR) is 130 cm³/mol. The van der Waals surface area contributed by atoms with E-state index in [1.54, 1.807) is 42.7 Å². The maximum absolute atomic E-state index is 13.1. The Morgan fingerprint density at radius 2 is 1.94 bits per heavy atom. The van der Waals surface area contributed by atoms with Crippen molar-refractivity contribution < 1.29 is 19.1 Å². The maximum Gasteiger partial charge on any atom is 0.337 e. The Hall–Kier alpha value is -4.31. The van der Waals surface area contributed by atoms with Crippen LogP contribution in [-0.2, 0) is 11.3 Å². The molecule has 5 rings (SSSR count). The van der Waals surface area contributed by atoms with Crippen LogP contribution in [0, 0.1) is 0 Å². The van der Waals surface area contributed by atoms with Gasteiger partial charge in [-0.15, -0.1) is 0 Å². The van der Waals surface area contributed by atoms with E-state index < -0.39 is 11.9 Å². The van der Waals surface area contributed by atoms with Crippen LogP contribution in [0.25, 0.3) is 0 Å². The smallest absolute Gasteiger partial charge is 0.337 e. The van der Waals surface area contributed by atoms with E-state index in [4.69, 9.17) is 4.74 Å². The molecular formula is C25H24N6O4. The molecule has 1 saturated heterocycles. The third-order valence-electron chi connectivity index (χ3n) is 6.08. The predicted octanol–water partition coefficient (Wildman–Crippen LogP) is 2.09. The minimum Gasteiger partial charge on any atom is -0.465 e. The minimum absolute atomic E-state index is 0.177. The number of hydrogen-bond donors (Lipinski definition) is 2. The number of rotatable bonds is 5. The molecule has 1 fully saturated rings. The van der Waals surface area contributed by atoms with Gasteiger partial charge in [0.05, 0.1) is 36.8 Å². The number of carbonyl (C=O) groups is 3. The van der Waals surface area contributed by atoms with Gasteiger partial charge >= 0.3 is 5.97 Å². The molecule has 2 aromatic heterocycles. The molecule has 0 aliphatic carbocycles. The second-order valence-corrected chi connectivity index (χ2v) is 8.22. The summed E-state index contributed by atoms with van der Waals surface area (Å²) in [6.07, 6.45) is 3.33. The summed E-state index contributed by atoms with van der Waals surface area (Å²) in [7, 11) is 1.29. The number of benzene rings is 1. The summed E-state index contributed by atoms with van der Waals surface area (Å²) in [6, 6.07) is 11.7. The van der Waals surface area contributed by atoms with Crippen molar-refractivity contribution in [2.75, 3.05) is 48.4 Å². The zero-order valence-electron chi connectivity index (χ0n) is 19.2. The van der Waals surface area contributed by atoms with Gasteiger partial charge in [-0.05, 0) is 35.9 Å². The number of amides is 2. The molecule has 10 nitrogen and oxygen atoms in total. The van der Waals surface area contributed by atoms with E-state index in [-0.39, 0.29) is 11.6 Å². The van der Waals surface area contributed by atoms with Crippen LogP contribution in [-0.4, -0.2) is 61.0 Å². The number of aromatic nitrogens is 2. The van der Waals surface area contributed by atoms with Crippen molar-refractivity contribution in [2.45, 2.75) is 6.54 Å². The molecule has 35 heavy (non-hydrogen) atoms. The molecule has 2 aliphatic rings. The van der Waals surface area contributed by atoms with Crippen LogP contribution < -0.4 is 20.4 Å². The molecule has 2 amide bonds. The molecule has 10 heteroatoms. The number of esters is 1. The second-order valence-electron chi connectivity index (χ2n) is 8.22. The zero-order valence-corrected chi connectivity index (χ0v) is 19.2. The van der Waals surface area contributed by atoms with Crippen molar-refractivity contribution in [3.8, 4) is 0 Å². The highest BCUT2D eigenvalue weighted by Gasteiger charge is 2.30. The maximum atomic E-state index is 13.1. The van der Waals surface area contributed by atoms with Gasteiger partial charge in [0, 0.05) is 37.9 Å². The first-order valence-corrected chi connectivity index (χ1v) is 11.3. The standard InChI is InChI=1S/C25H24N6O4/c1-35-25(34)16-5-6-17-15-31(24(33)18(17)13-16)22-4-2-3-19(28-22)23(32)29-20-14-27-8-7-21(20)30-11-9-26-10-12-30/h2-8,13-14,26H,9-12,15H2,1H3,(H,29,32). The van der Waals surface area contributed by atoms with Crippen LogP contribution in [0.15, 0.2) is 54.9 Å². The molecule has 0 saturated carbocycles. The third kappa shape index (κ3) is 4.43. The van der Waals surface area contributed by atoms with Gasteiger partial charge in [0.15, 0.2) is 0 Å². The van der Waals surface area contributed by atoms with Gasteiger partial charge in [0.1, 0.15) is 11.5 Å². The number of piperazine rings is 1. The van der Waals surface area contributed by atoms with Crippen molar-refractivity contribution in [2.24, 2.45) is 0 Å². The van der Waals surface area contributed by atoms with E-state index in [0.717, 1.165) is 37.4 Å². The Kier molecular flexibility index (Phi) is 6.11. The van der Waals surface area contributed by atoms with E-state index in [2.05, 4.69) is 25.5 Å². The average molecular weight is 473 g/mol. The number of ether oxygens (including phenoxy) is 1. The summed E-state index contributed by atoms with van der Waals surface area (Å²) in [5, 5.41) is 6.23. The highest BCUT2D eigenvalue weighted by atomic mass is 16.5. The van der Waals surface area contributed by atoms with E-state index in [1.165, 1.54) is 18.1 Å². The highest BCUT2D eigenvalue weighted by molar-refractivity contribution is 6.11. The molecule has 1 aromatic carbocycles. The molecule has 2 N–H and O–H groups in total. The van der Waals surface area contributed by atoms with Gasteiger partial charge in [-0.1, -0.05) is 12.1 Å². The molecule has 0 bridgehead atoms. The lowest BCUT2D eigenvalue weighted by molar-refractivity contribution is 0.0600. The van der Waals surface area contributed by atoms with Gasteiger partial charge in [-0.3, -0.25) is 19.5 Å². The Morgan fingerprint density at radius 1 is 1.11 bits per heavy atom. The fraction of sp³-hybridized carbons (Fsp3) is 0.240. The largest absolute Gasteiger partial charge is 0.465 e. The van der Waals surface area contributed by atoms with Crippen molar-refractivity contribution in [3.05, 3.63) is 77.2 Å². The van der Waals surface area contributed by atoms with Crippen LogP contribution >= 0.6 is 0 Å².